The van der Waals surface area contributed by atoms with Crippen molar-refractivity contribution >= 4 is 23.5 Å². The van der Waals surface area contributed by atoms with E-state index in [9.17, 15) is 14.4 Å². The van der Waals surface area contributed by atoms with Gasteiger partial charge in [-0.25, -0.2) is 0 Å². The highest BCUT2D eigenvalue weighted by atomic mass is 16.4. The number of aryl methyl sites for hydroxylation is 1. The number of hydrogen-bond donors (Lipinski definition) is 2. The third-order valence-electron chi connectivity index (χ3n) is 3.71. The molecule has 0 radical (unpaired) electrons. The van der Waals surface area contributed by atoms with Gasteiger partial charge in [0.1, 0.15) is 0 Å². The number of carboxylic acids is 1. The van der Waals surface area contributed by atoms with Crippen LogP contribution in [-0.4, -0.2) is 35.5 Å². The van der Waals surface area contributed by atoms with E-state index in [1.165, 1.54) is 0 Å². The van der Waals surface area contributed by atoms with Crippen LogP contribution in [0.3, 0.4) is 0 Å². The normalized spacial score (nSPS) is 19.1. The van der Waals surface area contributed by atoms with Gasteiger partial charge in [-0.05, 0) is 26.0 Å². The van der Waals surface area contributed by atoms with E-state index in [2.05, 4.69) is 5.32 Å². The van der Waals surface area contributed by atoms with Crippen LogP contribution in [0.5, 0.6) is 0 Å². The van der Waals surface area contributed by atoms with Gasteiger partial charge in [0.05, 0.1) is 12.3 Å². The Bertz CT molecular complexity index is 582. The first-order valence-electron chi connectivity index (χ1n) is 7.26. The largest absolute Gasteiger partial charge is 0.481 e. The molecule has 0 aromatic heterocycles. The minimum Gasteiger partial charge on any atom is -0.481 e. The van der Waals surface area contributed by atoms with Crippen molar-refractivity contribution in [1.29, 1.82) is 0 Å². The number of anilines is 1. The molecule has 0 spiro atoms. The van der Waals surface area contributed by atoms with Crippen molar-refractivity contribution < 1.29 is 19.5 Å². The summed E-state index contributed by atoms with van der Waals surface area (Å²) in [6.45, 7) is 3.93. The second-order valence-corrected chi connectivity index (χ2v) is 5.75. The Balaban J connectivity index is 1.98. The average molecular weight is 304 g/mol. The van der Waals surface area contributed by atoms with Gasteiger partial charge >= 0.3 is 5.97 Å². The number of benzene rings is 1. The molecule has 22 heavy (non-hydrogen) atoms. The summed E-state index contributed by atoms with van der Waals surface area (Å²) in [5.74, 6) is -1.76. The van der Waals surface area contributed by atoms with Gasteiger partial charge in [-0.2, -0.15) is 0 Å². The molecule has 1 aromatic carbocycles. The molecule has 1 aliphatic rings. The van der Waals surface area contributed by atoms with Crippen molar-refractivity contribution in [1.82, 2.24) is 5.32 Å². The van der Waals surface area contributed by atoms with Gasteiger partial charge in [-0.3, -0.25) is 14.4 Å². The molecule has 1 aromatic rings. The number of carbonyl (C=O) groups excluding carboxylic acids is 2. The number of carbonyl (C=O) groups is 3. The van der Waals surface area contributed by atoms with Crippen molar-refractivity contribution in [2.24, 2.45) is 5.92 Å². The summed E-state index contributed by atoms with van der Waals surface area (Å²) in [6.07, 6.45) is 0.0214. The summed E-state index contributed by atoms with van der Waals surface area (Å²) in [4.78, 5) is 36.4. The fraction of sp³-hybridized carbons (Fsp3) is 0.438. The van der Waals surface area contributed by atoms with Gasteiger partial charge in [0, 0.05) is 24.7 Å². The fourth-order valence-corrected chi connectivity index (χ4v) is 2.53. The average Bonchev–Trinajstić information content (AvgIpc) is 2.81. The highest BCUT2D eigenvalue weighted by Gasteiger charge is 2.35. The minimum absolute atomic E-state index is 0.0881. The topological polar surface area (TPSA) is 86.7 Å². The maximum atomic E-state index is 12.1. The van der Waals surface area contributed by atoms with Crippen molar-refractivity contribution in [2.75, 3.05) is 11.4 Å². The van der Waals surface area contributed by atoms with Crippen molar-refractivity contribution in [2.45, 2.75) is 32.7 Å². The molecule has 2 rings (SSSR count). The smallest absolute Gasteiger partial charge is 0.305 e. The van der Waals surface area contributed by atoms with Crippen LogP contribution in [0.25, 0.3) is 0 Å². The van der Waals surface area contributed by atoms with Gasteiger partial charge in [-0.1, -0.05) is 17.7 Å². The Morgan fingerprint density at radius 1 is 1.36 bits per heavy atom. The molecule has 2 unspecified atom stereocenters. The number of aliphatic carboxylic acids is 1. The zero-order chi connectivity index (χ0) is 16.3. The van der Waals surface area contributed by atoms with E-state index in [4.69, 9.17) is 5.11 Å². The molecule has 1 fully saturated rings. The van der Waals surface area contributed by atoms with E-state index in [0.717, 1.165) is 11.3 Å². The Kier molecular flexibility index (Phi) is 4.80. The third-order valence-corrected chi connectivity index (χ3v) is 3.71. The summed E-state index contributed by atoms with van der Waals surface area (Å²) in [7, 11) is 0. The third kappa shape index (κ3) is 3.84. The predicted octanol–water partition coefficient (Wildman–Crippen LogP) is 1.33. The lowest BCUT2D eigenvalue weighted by Gasteiger charge is -2.18. The van der Waals surface area contributed by atoms with Crippen LogP contribution in [0.1, 0.15) is 25.3 Å². The molecule has 118 valence electrons. The second-order valence-electron chi connectivity index (χ2n) is 5.75. The molecular weight excluding hydrogens is 284 g/mol. The van der Waals surface area contributed by atoms with E-state index >= 15 is 0 Å². The van der Waals surface area contributed by atoms with E-state index < -0.39 is 17.9 Å². The van der Waals surface area contributed by atoms with Crippen molar-refractivity contribution in [3.8, 4) is 0 Å². The number of nitrogens with zero attached hydrogens (tertiary/aromatic N) is 1. The number of nitrogens with one attached hydrogen (secondary N) is 1. The van der Waals surface area contributed by atoms with Crippen LogP contribution in [0.15, 0.2) is 24.3 Å². The molecule has 1 aliphatic heterocycles. The molecule has 6 nitrogen and oxygen atoms in total. The first-order valence-corrected chi connectivity index (χ1v) is 7.26. The number of rotatable bonds is 5. The highest BCUT2D eigenvalue weighted by molar-refractivity contribution is 6.00. The van der Waals surface area contributed by atoms with Gasteiger partial charge < -0.3 is 15.3 Å². The second kappa shape index (κ2) is 6.60. The maximum Gasteiger partial charge on any atom is 0.305 e. The quantitative estimate of drug-likeness (QED) is 0.859. The summed E-state index contributed by atoms with van der Waals surface area (Å²) < 4.78 is 0. The lowest BCUT2D eigenvalue weighted by Crippen LogP contribution is -2.39. The first-order chi connectivity index (χ1) is 10.4. The number of amides is 2. The lowest BCUT2D eigenvalue weighted by molar-refractivity contribution is -0.137. The number of carboxylic acid groups (broad SMARTS) is 1. The molecule has 1 saturated heterocycles. The molecule has 1 heterocycles. The van der Waals surface area contributed by atoms with Gasteiger partial charge in [0.2, 0.25) is 11.8 Å². The standard InChI is InChI=1S/C16H20N2O4/c1-10-3-5-13(6-4-10)18-9-12(8-14(18)19)16(22)17-11(2)7-15(20)21/h3-6,11-12H,7-9H2,1-2H3,(H,17,22)(H,20,21). The van der Waals surface area contributed by atoms with Gasteiger partial charge in [0.25, 0.3) is 0 Å². The maximum absolute atomic E-state index is 12.1. The van der Waals surface area contributed by atoms with Crippen LogP contribution in [0, 0.1) is 12.8 Å². The molecule has 0 aliphatic carbocycles. The van der Waals surface area contributed by atoms with Crippen LogP contribution >= 0.6 is 0 Å². The van der Waals surface area contributed by atoms with Gasteiger partial charge in [0.15, 0.2) is 0 Å². The zero-order valence-electron chi connectivity index (χ0n) is 12.7. The minimum atomic E-state index is -0.961. The Labute approximate surface area is 129 Å². The first kappa shape index (κ1) is 16.0. The molecule has 0 saturated carbocycles. The SMILES string of the molecule is Cc1ccc(N2CC(C(=O)NC(C)CC(=O)O)CC2=O)cc1. The van der Waals surface area contributed by atoms with E-state index in [0.29, 0.717) is 6.54 Å². The summed E-state index contributed by atoms with van der Waals surface area (Å²) in [5, 5.41) is 11.4. The van der Waals surface area contributed by atoms with Crippen LogP contribution < -0.4 is 10.2 Å². The predicted molar refractivity (Wildman–Crippen MR) is 81.5 cm³/mol. The molecule has 0 bridgehead atoms. The molecule has 2 N–H and O–H groups in total. The van der Waals surface area contributed by atoms with E-state index in [-0.39, 0.29) is 24.7 Å². The summed E-state index contributed by atoms with van der Waals surface area (Å²) in [5.41, 5.74) is 1.89. The Morgan fingerprint density at radius 2 is 2.00 bits per heavy atom. The van der Waals surface area contributed by atoms with Crippen LogP contribution in [-0.2, 0) is 14.4 Å². The summed E-state index contributed by atoms with van der Waals surface area (Å²) in [6, 6.07) is 7.12. The Hall–Kier alpha value is -2.37. The molecule has 6 heteroatoms. The van der Waals surface area contributed by atoms with Crippen LogP contribution in [0.2, 0.25) is 0 Å². The molecular formula is C16H20N2O4. The Morgan fingerprint density at radius 3 is 2.59 bits per heavy atom. The van der Waals surface area contributed by atoms with E-state index in [1.54, 1.807) is 11.8 Å². The van der Waals surface area contributed by atoms with Crippen LogP contribution in [0.4, 0.5) is 5.69 Å². The molecule has 2 atom stereocenters. The monoisotopic (exact) mass is 304 g/mol. The zero-order valence-corrected chi connectivity index (χ0v) is 12.7. The van der Waals surface area contributed by atoms with Crippen molar-refractivity contribution in [3.63, 3.8) is 0 Å². The van der Waals surface area contributed by atoms with Gasteiger partial charge in [-0.15, -0.1) is 0 Å². The fourth-order valence-electron chi connectivity index (χ4n) is 2.53. The molecule has 2 amide bonds. The lowest BCUT2D eigenvalue weighted by atomic mass is 10.1. The number of hydrogen-bond acceptors (Lipinski definition) is 3. The summed E-state index contributed by atoms with van der Waals surface area (Å²) >= 11 is 0. The van der Waals surface area contributed by atoms with Crippen molar-refractivity contribution in [3.05, 3.63) is 29.8 Å². The van der Waals surface area contributed by atoms with E-state index in [1.807, 2.05) is 31.2 Å². The highest BCUT2D eigenvalue weighted by Crippen LogP contribution is 2.25.